The maximum Gasteiger partial charge on any atom is 0.223 e. The number of amides is 1. The Hall–Kier alpha value is -2.04. The maximum atomic E-state index is 12.6. The number of hydrogen-bond acceptors (Lipinski definition) is 3. The van der Waals surface area contributed by atoms with E-state index in [2.05, 4.69) is 0 Å². The molecule has 4 nitrogen and oxygen atoms in total. The standard InChI is InChI=1S/C21H26ClNO3/c1-21(2,16-7-9-17(22)10-8-16)13-20(25)23(3)14-19(24)15-5-11-18(26-4)12-6-15/h5-12,19,24H,13-14H2,1-4H3. The monoisotopic (exact) mass is 375 g/mol. The summed E-state index contributed by atoms with van der Waals surface area (Å²) in [7, 11) is 3.31. The van der Waals surface area contributed by atoms with E-state index in [1.807, 2.05) is 38.1 Å². The fourth-order valence-corrected chi connectivity index (χ4v) is 2.93. The lowest BCUT2D eigenvalue weighted by Crippen LogP contribution is -2.35. The zero-order chi connectivity index (χ0) is 19.3. The first-order valence-electron chi connectivity index (χ1n) is 8.55. The van der Waals surface area contributed by atoms with Gasteiger partial charge in [0.05, 0.1) is 19.8 Å². The summed E-state index contributed by atoms with van der Waals surface area (Å²) in [5, 5.41) is 11.1. The highest BCUT2D eigenvalue weighted by Gasteiger charge is 2.26. The highest BCUT2D eigenvalue weighted by atomic mass is 35.5. The minimum atomic E-state index is -0.742. The summed E-state index contributed by atoms with van der Waals surface area (Å²) in [6.07, 6.45) is -0.394. The number of rotatable bonds is 7. The largest absolute Gasteiger partial charge is 0.497 e. The van der Waals surface area contributed by atoms with Gasteiger partial charge in [-0.3, -0.25) is 4.79 Å². The first-order chi connectivity index (χ1) is 12.2. The van der Waals surface area contributed by atoms with Crippen LogP contribution in [0.2, 0.25) is 5.02 Å². The Morgan fingerprint density at radius 3 is 2.27 bits per heavy atom. The molecule has 0 aliphatic heterocycles. The minimum Gasteiger partial charge on any atom is -0.497 e. The normalized spacial score (nSPS) is 12.5. The molecule has 2 aromatic rings. The van der Waals surface area contributed by atoms with E-state index in [9.17, 15) is 9.90 Å². The number of hydrogen-bond donors (Lipinski definition) is 1. The third-order valence-electron chi connectivity index (χ3n) is 4.59. The van der Waals surface area contributed by atoms with Crippen molar-refractivity contribution in [3.05, 3.63) is 64.7 Å². The van der Waals surface area contributed by atoms with Crippen molar-refractivity contribution in [3.63, 3.8) is 0 Å². The number of likely N-dealkylation sites (N-methyl/N-ethyl adjacent to an activating group) is 1. The summed E-state index contributed by atoms with van der Waals surface area (Å²) in [4.78, 5) is 14.2. The molecule has 0 spiro atoms. The number of methoxy groups -OCH3 is 1. The van der Waals surface area contributed by atoms with E-state index in [4.69, 9.17) is 16.3 Å². The van der Waals surface area contributed by atoms with Gasteiger partial charge in [0.25, 0.3) is 0 Å². The Balaban J connectivity index is 1.98. The molecule has 2 aromatic carbocycles. The van der Waals surface area contributed by atoms with Crippen molar-refractivity contribution in [2.24, 2.45) is 0 Å². The average molecular weight is 376 g/mol. The summed E-state index contributed by atoms with van der Waals surface area (Å²) in [5.74, 6) is 0.715. The molecule has 1 unspecified atom stereocenters. The summed E-state index contributed by atoms with van der Waals surface area (Å²) >= 11 is 5.94. The van der Waals surface area contributed by atoms with E-state index in [0.29, 0.717) is 11.4 Å². The maximum absolute atomic E-state index is 12.6. The summed E-state index contributed by atoms with van der Waals surface area (Å²) in [6, 6.07) is 14.8. The second-order valence-electron chi connectivity index (χ2n) is 7.13. The molecule has 0 aliphatic rings. The van der Waals surface area contributed by atoms with Crippen LogP contribution in [0.4, 0.5) is 0 Å². The van der Waals surface area contributed by atoms with Crippen LogP contribution in [0.15, 0.2) is 48.5 Å². The van der Waals surface area contributed by atoms with E-state index >= 15 is 0 Å². The number of aliphatic hydroxyl groups excluding tert-OH is 1. The lowest BCUT2D eigenvalue weighted by Gasteiger charge is -2.28. The summed E-state index contributed by atoms with van der Waals surface area (Å²) < 4.78 is 5.12. The van der Waals surface area contributed by atoms with Gasteiger partial charge in [-0.05, 0) is 40.8 Å². The van der Waals surface area contributed by atoms with Crippen molar-refractivity contribution in [1.29, 1.82) is 0 Å². The van der Waals surface area contributed by atoms with Gasteiger partial charge in [-0.15, -0.1) is 0 Å². The predicted molar refractivity (Wildman–Crippen MR) is 105 cm³/mol. The summed E-state index contributed by atoms with van der Waals surface area (Å²) in [6.45, 7) is 4.30. The Morgan fingerprint density at radius 2 is 1.73 bits per heavy atom. The van der Waals surface area contributed by atoms with Gasteiger partial charge in [-0.2, -0.15) is 0 Å². The van der Waals surface area contributed by atoms with Gasteiger partial charge in [-0.25, -0.2) is 0 Å². The van der Waals surface area contributed by atoms with E-state index in [-0.39, 0.29) is 17.9 Å². The topological polar surface area (TPSA) is 49.8 Å². The molecular formula is C21H26ClNO3. The van der Waals surface area contributed by atoms with Gasteiger partial charge in [0.15, 0.2) is 0 Å². The third-order valence-corrected chi connectivity index (χ3v) is 4.84. The SMILES string of the molecule is COc1ccc(C(O)CN(C)C(=O)CC(C)(C)c2ccc(Cl)cc2)cc1. The zero-order valence-electron chi connectivity index (χ0n) is 15.7. The van der Waals surface area contributed by atoms with Gasteiger partial charge >= 0.3 is 0 Å². The number of halogens is 1. The Kier molecular flexibility index (Phi) is 6.68. The van der Waals surface area contributed by atoms with Crippen LogP contribution in [0.25, 0.3) is 0 Å². The van der Waals surface area contributed by atoms with Crippen LogP contribution in [0, 0.1) is 0 Å². The van der Waals surface area contributed by atoms with Gasteiger partial charge in [-0.1, -0.05) is 49.7 Å². The van der Waals surface area contributed by atoms with Crippen molar-refractivity contribution >= 4 is 17.5 Å². The predicted octanol–water partition coefficient (Wildman–Crippen LogP) is 4.21. The lowest BCUT2D eigenvalue weighted by atomic mass is 9.81. The number of ether oxygens (including phenoxy) is 1. The molecule has 0 aliphatic carbocycles. The molecule has 0 saturated heterocycles. The average Bonchev–Trinajstić information content (AvgIpc) is 2.61. The fraction of sp³-hybridized carbons (Fsp3) is 0.381. The number of nitrogens with zero attached hydrogens (tertiary/aromatic N) is 1. The van der Waals surface area contributed by atoms with Crippen LogP contribution >= 0.6 is 11.6 Å². The van der Waals surface area contributed by atoms with E-state index in [1.54, 1.807) is 43.3 Å². The Labute approximate surface area is 160 Å². The molecule has 0 radical (unpaired) electrons. The van der Waals surface area contributed by atoms with Crippen LogP contribution in [0.1, 0.15) is 37.5 Å². The number of carbonyl (C=O) groups excluding carboxylic acids is 1. The number of carbonyl (C=O) groups is 1. The molecule has 1 amide bonds. The van der Waals surface area contributed by atoms with Crippen LogP contribution < -0.4 is 4.74 Å². The molecule has 1 N–H and O–H groups in total. The number of aliphatic hydroxyl groups is 1. The Morgan fingerprint density at radius 1 is 1.15 bits per heavy atom. The first-order valence-corrected chi connectivity index (χ1v) is 8.93. The van der Waals surface area contributed by atoms with Gasteiger partial charge in [0.2, 0.25) is 5.91 Å². The van der Waals surface area contributed by atoms with Crippen LogP contribution in [0.3, 0.4) is 0 Å². The van der Waals surface area contributed by atoms with Crippen molar-refractivity contribution in [1.82, 2.24) is 4.90 Å². The van der Waals surface area contributed by atoms with Crippen molar-refractivity contribution < 1.29 is 14.6 Å². The van der Waals surface area contributed by atoms with Gasteiger partial charge < -0.3 is 14.7 Å². The van der Waals surface area contributed by atoms with Gasteiger partial charge in [0, 0.05) is 18.5 Å². The van der Waals surface area contributed by atoms with Crippen molar-refractivity contribution in [3.8, 4) is 5.75 Å². The second-order valence-corrected chi connectivity index (χ2v) is 7.57. The zero-order valence-corrected chi connectivity index (χ0v) is 16.5. The molecule has 2 rings (SSSR count). The van der Waals surface area contributed by atoms with Crippen molar-refractivity contribution in [2.75, 3.05) is 20.7 Å². The fourth-order valence-electron chi connectivity index (χ4n) is 2.81. The van der Waals surface area contributed by atoms with Crippen LogP contribution in [0.5, 0.6) is 5.75 Å². The molecule has 1 atom stereocenters. The van der Waals surface area contributed by atoms with E-state index in [0.717, 1.165) is 16.9 Å². The Bertz CT molecular complexity index is 726. The van der Waals surface area contributed by atoms with Crippen molar-refractivity contribution in [2.45, 2.75) is 31.8 Å². The molecule has 0 bridgehead atoms. The highest BCUT2D eigenvalue weighted by Crippen LogP contribution is 2.29. The third kappa shape index (κ3) is 5.23. The second kappa shape index (κ2) is 8.56. The van der Waals surface area contributed by atoms with E-state index < -0.39 is 6.10 Å². The smallest absolute Gasteiger partial charge is 0.223 e. The number of benzene rings is 2. The lowest BCUT2D eigenvalue weighted by molar-refractivity contribution is -0.132. The minimum absolute atomic E-state index is 0.0162. The molecule has 0 fully saturated rings. The quantitative estimate of drug-likeness (QED) is 0.788. The first kappa shape index (κ1) is 20.3. The molecular weight excluding hydrogens is 350 g/mol. The molecule has 26 heavy (non-hydrogen) atoms. The van der Waals surface area contributed by atoms with Gasteiger partial charge in [0.1, 0.15) is 5.75 Å². The van der Waals surface area contributed by atoms with Crippen LogP contribution in [-0.2, 0) is 10.2 Å². The molecule has 0 saturated carbocycles. The highest BCUT2D eigenvalue weighted by molar-refractivity contribution is 6.30. The summed E-state index contributed by atoms with van der Waals surface area (Å²) in [5.41, 5.74) is 1.49. The molecule has 140 valence electrons. The molecule has 5 heteroatoms. The van der Waals surface area contributed by atoms with E-state index in [1.165, 1.54) is 0 Å². The molecule has 0 aromatic heterocycles. The molecule has 0 heterocycles. The van der Waals surface area contributed by atoms with Crippen LogP contribution in [-0.4, -0.2) is 36.6 Å².